The first-order valence-corrected chi connectivity index (χ1v) is 7.56. The third-order valence-corrected chi connectivity index (χ3v) is 3.71. The van der Waals surface area contributed by atoms with Crippen LogP contribution in [0.4, 0.5) is 0 Å². The predicted molar refractivity (Wildman–Crippen MR) is 87.4 cm³/mol. The third kappa shape index (κ3) is 3.53. The maximum absolute atomic E-state index is 12.6. The molecule has 0 saturated heterocycles. The van der Waals surface area contributed by atoms with E-state index in [1.54, 1.807) is 26.0 Å². The maximum atomic E-state index is 12.6. The summed E-state index contributed by atoms with van der Waals surface area (Å²) in [5, 5.41) is 9.41. The van der Waals surface area contributed by atoms with E-state index in [0.717, 1.165) is 5.56 Å². The van der Waals surface area contributed by atoms with Crippen molar-refractivity contribution in [2.24, 2.45) is 0 Å². The van der Waals surface area contributed by atoms with Gasteiger partial charge in [-0.15, -0.1) is 0 Å². The third-order valence-electron chi connectivity index (χ3n) is 3.71. The quantitative estimate of drug-likeness (QED) is 0.627. The lowest BCUT2D eigenvalue weighted by Gasteiger charge is -2.01. The monoisotopic (exact) mass is 329 g/mol. The standard InChI is InChI=1S/C18H19NO5/c1-4-24-14(20)9-13-15(18(22)23)11(3)16(19-13)17(21)12-7-5-10(2)6-8-12/h5-8,19H,4,9H2,1-3H3,(H,22,23). The molecule has 24 heavy (non-hydrogen) atoms. The molecule has 2 N–H and O–H groups in total. The second-order valence-corrected chi connectivity index (χ2v) is 5.46. The zero-order chi connectivity index (χ0) is 17.9. The Morgan fingerprint density at radius 1 is 1.12 bits per heavy atom. The number of benzene rings is 1. The van der Waals surface area contributed by atoms with Gasteiger partial charge >= 0.3 is 11.9 Å². The Hall–Kier alpha value is -2.89. The molecule has 0 atom stereocenters. The van der Waals surface area contributed by atoms with Gasteiger partial charge in [-0.2, -0.15) is 0 Å². The molecule has 0 aliphatic rings. The highest BCUT2D eigenvalue weighted by Gasteiger charge is 2.25. The van der Waals surface area contributed by atoms with Crippen LogP contribution in [-0.2, 0) is 16.0 Å². The molecule has 0 amide bonds. The van der Waals surface area contributed by atoms with E-state index >= 15 is 0 Å². The zero-order valence-electron chi connectivity index (χ0n) is 13.8. The largest absolute Gasteiger partial charge is 0.478 e. The molecule has 1 aromatic carbocycles. The first kappa shape index (κ1) is 17.5. The smallest absolute Gasteiger partial charge is 0.337 e. The van der Waals surface area contributed by atoms with E-state index in [1.165, 1.54) is 0 Å². The summed E-state index contributed by atoms with van der Waals surface area (Å²) in [6, 6.07) is 6.99. The van der Waals surface area contributed by atoms with Crippen LogP contribution in [0.5, 0.6) is 0 Å². The number of aromatic amines is 1. The summed E-state index contributed by atoms with van der Waals surface area (Å²) in [5.41, 5.74) is 2.07. The van der Waals surface area contributed by atoms with Gasteiger partial charge in [0, 0.05) is 11.3 Å². The highest BCUT2D eigenvalue weighted by molar-refractivity contribution is 6.10. The summed E-state index contributed by atoms with van der Waals surface area (Å²) in [6.07, 6.45) is -0.225. The number of hydrogen-bond donors (Lipinski definition) is 2. The number of carbonyl (C=O) groups excluding carboxylic acids is 2. The number of hydrogen-bond acceptors (Lipinski definition) is 4. The summed E-state index contributed by atoms with van der Waals surface area (Å²) in [6.45, 7) is 5.34. The van der Waals surface area contributed by atoms with Crippen LogP contribution in [0.3, 0.4) is 0 Å². The van der Waals surface area contributed by atoms with Crippen molar-refractivity contribution in [2.75, 3.05) is 6.61 Å². The number of esters is 1. The Bertz CT molecular complexity index is 786. The number of aromatic carboxylic acids is 1. The Kier molecular flexibility index (Phi) is 5.18. The molecule has 1 heterocycles. The van der Waals surface area contributed by atoms with Crippen molar-refractivity contribution in [1.29, 1.82) is 0 Å². The van der Waals surface area contributed by atoms with Crippen molar-refractivity contribution >= 4 is 17.7 Å². The fourth-order valence-electron chi connectivity index (χ4n) is 2.51. The fraction of sp³-hybridized carbons (Fsp3) is 0.278. The second-order valence-electron chi connectivity index (χ2n) is 5.46. The van der Waals surface area contributed by atoms with Gasteiger partial charge < -0.3 is 14.8 Å². The molecule has 6 nitrogen and oxygen atoms in total. The number of carboxylic acid groups (broad SMARTS) is 1. The van der Waals surface area contributed by atoms with Crippen molar-refractivity contribution in [2.45, 2.75) is 27.2 Å². The minimum absolute atomic E-state index is 0.0569. The molecule has 0 aliphatic carbocycles. The maximum Gasteiger partial charge on any atom is 0.337 e. The van der Waals surface area contributed by atoms with Crippen LogP contribution >= 0.6 is 0 Å². The SMILES string of the molecule is CCOC(=O)Cc1[nH]c(C(=O)c2ccc(C)cc2)c(C)c1C(=O)O. The van der Waals surface area contributed by atoms with Crippen LogP contribution in [-0.4, -0.2) is 34.4 Å². The van der Waals surface area contributed by atoms with E-state index in [-0.39, 0.29) is 35.8 Å². The van der Waals surface area contributed by atoms with E-state index in [1.807, 2.05) is 19.1 Å². The summed E-state index contributed by atoms with van der Waals surface area (Å²) in [4.78, 5) is 38.6. The van der Waals surface area contributed by atoms with Crippen LogP contribution in [0.25, 0.3) is 0 Å². The molecular weight excluding hydrogens is 310 g/mol. The lowest BCUT2D eigenvalue weighted by molar-refractivity contribution is -0.142. The van der Waals surface area contributed by atoms with E-state index < -0.39 is 11.9 Å². The Balaban J connectivity index is 2.43. The number of carboxylic acids is 1. The van der Waals surface area contributed by atoms with Crippen LogP contribution in [0.15, 0.2) is 24.3 Å². The predicted octanol–water partition coefficient (Wildman–Crippen LogP) is 2.67. The Labute approximate surface area is 139 Å². The number of aryl methyl sites for hydroxylation is 1. The van der Waals surface area contributed by atoms with Crippen LogP contribution in [0.2, 0.25) is 0 Å². The molecule has 0 bridgehead atoms. The normalized spacial score (nSPS) is 10.5. The van der Waals surface area contributed by atoms with Gasteiger partial charge in [0.25, 0.3) is 0 Å². The van der Waals surface area contributed by atoms with Crippen molar-refractivity contribution in [3.8, 4) is 0 Å². The van der Waals surface area contributed by atoms with Crippen molar-refractivity contribution in [1.82, 2.24) is 4.98 Å². The number of ketones is 1. The van der Waals surface area contributed by atoms with Gasteiger partial charge in [0.15, 0.2) is 0 Å². The Morgan fingerprint density at radius 3 is 2.29 bits per heavy atom. The van der Waals surface area contributed by atoms with E-state index in [9.17, 15) is 19.5 Å². The molecule has 0 fully saturated rings. The summed E-state index contributed by atoms with van der Waals surface area (Å²) >= 11 is 0. The van der Waals surface area contributed by atoms with Gasteiger partial charge in [-0.1, -0.05) is 29.8 Å². The lowest BCUT2D eigenvalue weighted by Crippen LogP contribution is -2.11. The van der Waals surface area contributed by atoms with E-state index in [0.29, 0.717) is 11.1 Å². The van der Waals surface area contributed by atoms with Gasteiger partial charge in [-0.25, -0.2) is 4.79 Å². The van der Waals surface area contributed by atoms with Crippen molar-refractivity contribution < 1.29 is 24.2 Å². The minimum Gasteiger partial charge on any atom is -0.478 e. The lowest BCUT2D eigenvalue weighted by atomic mass is 10.0. The second kappa shape index (κ2) is 7.12. The summed E-state index contributed by atoms with van der Waals surface area (Å²) in [5.74, 6) is -2.05. The molecule has 2 aromatic rings. The van der Waals surface area contributed by atoms with Gasteiger partial charge in [0.2, 0.25) is 5.78 Å². The van der Waals surface area contributed by atoms with Gasteiger partial charge in [-0.3, -0.25) is 9.59 Å². The molecule has 0 radical (unpaired) electrons. The minimum atomic E-state index is -1.19. The number of ether oxygens (including phenoxy) is 1. The highest BCUT2D eigenvalue weighted by Crippen LogP contribution is 2.22. The summed E-state index contributed by atoms with van der Waals surface area (Å²) in [7, 11) is 0. The molecular formula is C18H19NO5. The first-order valence-electron chi connectivity index (χ1n) is 7.56. The van der Waals surface area contributed by atoms with Gasteiger partial charge in [0.1, 0.15) is 0 Å². The molecule has 0 spiro atoms. The number of nitrogens with one attached hydrogen (secondary N) is 1. The summed E-state index contributed by atoms with van der Waals surface area (Å²) < 4.78 is 4.85. The van der Waals surface area contributed by atoms with E-state index in [2.05, 4.69) is 4.98 Å². The number of H-pyrrole nitrogens is 1. The first-order chi connectivity index (χ1) is 11.3. The van der Waals surface area contributed by atoms with E-state index in [4.69, 9.17) is 4.74 Å². The van der Waals surface area contributed by atoms with Crippen LogP contribution < -0.4 is 0 Å². The average Bonchev–Trinajstić information content (AvgIpc) is 2.84. The average molecular weight is 329 g/mol. The van der Waals surface area contributed by atoms with Crippen LogP contribution in [0.1, 0.15) is 50.2 Å². The van der Waals surface area contributed by atoms with Gasteiger partial charge in [-0.05, 0) is 26.3 Å². The molecule has 0 unspecified atom stereocenters. The fourth-order valence-corrected chi connectivity index (χ4v) is 2.51. The van der Waals surface area contributed by atoms with Crippen LogP contribution in [0, 0.1) is 13.8 Å². The van der Waals surface area contributed by atoms with Crippen molar-refractivity contribution in [3.63, 3.8) is 0 Å². The molecule has 2 rings (SSSR count). The molecule has 1 aromatic heterocycles. The molecule has 0 saturated carbocycles. The number of carbonyl (C=O) groups is 3. The highest BCUT2D eigenvalue weighted by atomic mass is 16.5. The molecule has 0 aliphatic heterocycles. The molecule has 6 heteroatoms. The number of rotatable bonds is 6. The Morgan fingerprint density at radius 2 is 1.75 bits per heavy atom. The van der Waals surface area contributed by atoms with Gasteiger partial charge in [0.05, 0.1) is 24.3 Å². The topological polar surface area (TPSA) is 96.5 Å². The number of aromatic nitrogens is 1. The van der Waals surface area contributed by atoms with Crippen molar-refractivity contribution in [3.05, 3.63) is 57.9 Å². The zero-order valence-corrected chi connectivity index (χ0v) is 13.8. The molecule has 126 valence electrons.